The topological polar surface area (TPSA) is 121 Å². The number of carbonyl (C=O) groups excluding carboxylic acids is 2. The Morgan fingerprint density at radius 3 is 2.82 bits per heavy atom. The fourth-order valence-electron chi connectivity index (χ4n) is 1.07. The monoisotopic (exact) mass is 241 g/mol. The van der Waals surface area contributed by atoms with Crippen molar-refractivity contribution in [3.63, 3.8) is 0 Å². The number of hydrogen-bond acceptors (Lipinski definition) is 5. The lowest BCUT2D eigenvalue weighted by Gasteiger charge is -2.03. The summed E-state index contributed by atoms with van der Waals surface area (Å²) in [6.45, 7) is 1.80. The Kier molecular flexibility index (Phi) is 4.21. The van der Waals surface area contributed by atoms with Crippen LogP contribution in [0.4, 0.5) is 5.82 Å². The van der Waals surface area contributed by atoms with Crippen LogP contribution in [0, 0.1) is 0 Å². The standard InChI is InChI=1S/C9H11N3O5/c1-2-17-7(14)3-6(13)11-8-5(9(15)16)4-10-12-8/h4H,2-3H2,1H3,(H,15,16)(H2,10,11,12,13). The Bertz CT molecular complexity index is 440. The van der Waals surface area contributed by atoms with Crippen molar-refractivity contribution < 1.29 is 24.2 Å². The molecule has 8 heteroatoms. The zero-order valence-electron chi connectivity index (χ0n) is 9.02. The Balaban J connectivity index is 2.59. The average molecular weight is 241 g/mol. The van der Waals surface area contributed by atoms with Crippen molar-refractivity contribution in [2.75, 3.05) is 11.9 Å². The van der Waals surface area contributed by atoms with Gasteiger partial charge in [-0.25, -0.2) is 4.79 Å². The largest absolute Gasteiger partial charge is 0.477 e. The molecule has 0 atom stereocenters. The van der Waals surface area contributed by atoms with Gasteiger partial charge < -0.3 is 15.2 Å². The zero-order valence-corrected chi connectivity index (χ0v) is 9.02. The Hall–Kier alpha value is -2.38. The van der Waals surface area contributed by atoms with E-state index in [0.29, 0.717) is 0 Å². The number of rotatable bonds is 5. The number of esters is 1. The molecule has 0 fully saturated rings. The summed E-state index contributed by atoms with van der Waals surface area (Å²) in [6.07, 6.45) is 0.578. The second kappa shape index (κ2) is 5.64. The molecule has 0 bridgehead atoms. The van der Waals surface area contributed by atoms with Crippen molar-refractivity contribution in [2.24, 2.45) is 0 Å². The van der Waals surface area contributed by atoms with Crippen LogP contribution in [-0.4, -0.2) is 39.8 Å². The minimum absolute atomic E-state index is 0.0631. The van der Waals surface area contributed by atoms with Crippen molar-refractivity contribution in [3.05, 3.63) is 11.8 Å². The number of anilines is 1. The smallest absolute Gasteiger partial charge is 0.341 e. The second-order valence-electron chi connectivity index (χ2n) is 2.99. The lowest BCUT2D eigenvalue weighted by Crippen LogP contribution is -2.19. The highest BCUT2D eigenvalue weighted by molar-refractivity contribution is 6.04. The molecule has 1 heterocycles. The summed E-state index contributed by atoms with van der Waals surface area (Å²) in [5.41, 5.74) is -0.179. The number of nitrogens with zero attached hydrogens (tertiary/aromatic N) is 1. The van der Waals surface area contributed by atoms with Gasteiger partial charge in [-0.3, -0.25) is 14.7 Å². The fourth-order valence-corrected chi connectivity index (χ4v) is 1.07. The molecule has 3 N–H and O–H groups in total. The molecule has 1 rings (SSSR count). The molecule has 0 radical (unpaired) electrons. The van der Waals surface area contributed by atoms with Crippen molar-refractivity contribution in [1.82, 2.24) is 10.2 Å². The molecule has 0 aromatic carbocycles. The molecule has 0 aliphatic rings. The molecule has 1 aromatic rings. The first-order valence-electron chi connectivity index (χ1n) is 4.76. The van der Waals surface area contributed by atoms with Gasteiger partial charge in [-0.15, -0.1) is 0 Å². The molecule has 8 nitrogen and oxygen atoms in total. The number of H-pyrrole nitrogens is 1. The van der Waals surface area contributed by atoms with Crippen LogP contribution in [0.1, 0.15) is 23.7 Å². The quantitative estimate of drug-likeness (QED) is 0.492. The normalized spacial score (nSPS) is 9.71. The number of ether oxygens (including phenoxy) is 1. The first-order valence-corrected chi connectivity index (χ1v) is 4.76. The van der Waals surface area contributed by atoms with Crippen LogP contribution in [-0.2, 0) is 14.3 Å². The predicted molar refractivity (Wildman–Crippen MR) is 55.4 cm³/mol. The van der Waals surface area contributed by atoms with Gasteiger partial charge in [0.15, 0.2) is 0 Å². The number of carbonyl (C=O) groups is 3. The molecule has 17 heavy (non-hydrogen) atoms. The van der Waals surface area contributed by atoms with Gasteiger partial charge >= 0.3 is 11.9 Å². The summed E-state index contributed by atoms with van der Waals surface area (Å²) in [5.74, 6) is -2.64. The highest BCUT2D eigenvalue weighted by atomic mass is 16.5. The van der Waals surface area contributed by atoms with Crippen molar-refractivity contribution in [2.45, 2.75) is 13.3 Å². The van der Waals surface area contributed by atoms with Crippen molar-refractivity contribution in [3.8, 4) is 0 Å². The minimum Gasteiger partial charge on any atom is -0.477 e. The van der Waals surface area contributed by atoms with Crippen LogP contribution in [0.5, 0.6) is 0 Å². The van der Waals surface area contributed by atoms with Crippen molar-refractivity contribution >= 4 is 23.7 Å². The lowest BCUT2D eigenvalue weighted by atomic mass is 10.3. The Labute approximate surface area is 96.0 Å². The van der Waals surface area contributed by atoms with Gasteiger partial charge in [0, 0.05) is 0 Å². The number of carboxylic acid groups (broad SMARTS) is 1. The van der Waals surface area contributed by atoms with Crippen LogP contribution in [0.15, 0.2) is 6.20 Å². The SMILES string of the molecule is CCOC(=O)CC(=O)Nc1[nH]ncc1C(=O)O. The molecule has 1 amide bonds. The number of aromatic amines is 1. The van der Waals surface area contributed by atoms with Crippen LogP contribution >= 0.6 is 0 Å². The van der Waals surface area contributed by atoms with Gasteiger partial charge in [0.05, 0.1) is 12.8 Å². The minimum atomic E-state index is -1.23. The van der Waals surface area contributed by atoms with Crippen molar-refractivity contribution in [1.29, 1.82) is 0 Å². The van der Waals surface area contributed by atoms with E-state index in [4.69, 9.17) is 5.11 Å². The number of aromatic carboxylic acids is 1. The van der Waals surface area contributed by atoms with Crippen LogP contribution in [0.2, 0.25) is 0 Å². The maximum absolute atomic E-state index is 11.3. The second-order valence-corrected chi connectivity index (χ2v) is 2.99. The number of carboxylic acids is 1. The van der Waals surface area contributed by atoms with Gasteiger partial charge in [-0.05, 0) is 6.92 Å². The number of hydrogen-bond donors (Lipinski definition) is 3. The summed E-state index contributed by atoms with van der Waals surface area (Å²) >= 11 is 0. The van der Waals surface area contributed by atoms with E-state index >= 15 is 0 Å². The lowest BCUT2D eigenvalue weighted by molar-refractivity contribution is -0.145. The molecular formula is C9H11N3O5. The molecule has 0 saturated heterocycles. The zero-order chi connectivity index (χ0) is 12.8. The third kappa shape index (κ3) is 3.59. The van der Waals surface area contributed by atoms with Gasteiger partial charge in [-0.1, -0.05) is 0 Å². The molecular weight excluding hydrogens is 230 g/mol. The van der Waals surface area contributed by atoms with E-state index < -0.39 is 24.3 Å². The molecule has 0 unspecified atom stereocenters. The number of aromatic nitrogens is 2. The Morgan fingerprint density at radius 1 is 1.53 bits per heavy atom. The molecule has 0 aliphatic heterocycles. The van der Waals surface area contributed by atoms with Crippen LogP contribution in [0.25, 0.3) is 0 Å². The molecule has 0 aliphatic carbocycles. The van der Waals surface area contributed by atoms with E-state index in [9.17, 15) is 14.4 Å². The maximum atomic E-state index is 11.3. The highest BCUT2D eigenvalue weighted by Gasteiger charge is 2.16. The summed E-state index contributed by atoms with van der Waals surface area (Å²) in [4.78, 5) is 33.0. The molecule has 0 saturated carbocycles. The third-order valence-electron chi connectivity index (χ3n) is 1.74. The summed E-state index contributed by atoms with van der Waals surface area (Å²) in [6, 6.07) is 0. The fraction of sp³-hybridized carbons (Fsp3) is 0.333. The van der Waals surface area contributed by atoms with E-state index in [1.807, 2.05) is 0 Å². The van der Waals surface area contributed by atoms with E-state index in [2.05, 4.69) is 20.3 Å². The van der Waals surface area contributed by atoms with Gasteiger partial charge in [0.25, 0.3) is 0 Å². The molecule has 0 spiro atoms. The van der Waals surface area contributed by atoms with E-state index in [0.717, 1.165) is 6.20 Å². The summed E-state index contributed by atoms with van der Waals surface area (Å²) < 4.78 is 4.57. The van der Waals surface area contributed by atoms with E-state index in [-0.39, 0.29) is 18.0 Å². The third-order valence-corrected chi connectivity index (χ3v) is 1.74. The first kappa shape index (κ1) is 12.7. The highest BCUT2D eigenvalue weighted by Crippen LogP contribution is 2.10. The first-order chi connectivity index (χ1) is 8.04. The number of amides is 1. The number of nitrogens with one attached hydrogen (secondary N) is 2. The van der Waals surface area contributed by atoms with Gasteiger partial charge in [0.2, 0.25) is 5.91 Å². The van der Waals surface area contributed by atoms with E-state index in [1.54, 1.807) is 6.92 Å². The molecule has 1 aromatic heterocycles. The van der Waals surface area contributed by atoms with Gasteiger partial charge in [-0.2, -0.15) is 5.10 Å². The summed E-state index contributed by atoms with van der Waals surface area (Å²) in [5, 5.41) is 16.7. The maximum Gasteiger partial charge on any atom is 0.341 e. The Morgan fingerprint density at radius 2 is 2.24 bits per heavy atom. The predicted octanol–water partition coefficient (Wildman–Crippen LogP) is -0.000400. The molecule has 92 valence electrons. The summed E-state index contributed by atoms with van der Waals surface area (Å²) in [7, 11) is 0. The van der Waals surface area contributed by atoms with Gasteiger partial charge in [0.1, 0.15) is 17.8 Å². The van der Waals surface area contributed by atoms with E-state index in [1.165, 1.54) is 0 Å². The average Bonchev–Trinajstić information content (AvgIpc) is 2.65. The van der Waals surface area contributed by atoms with Crippen LogP contribution < -0.4 is 5.32 Å². The van der Waals surface area contributed by atoms with Crippen LogP contribution in [0.3, 0.4) is 0 Å².